The molecule has 1 fully saturated rings. The minimum absolute atomic E-state index is 0.0993. The first-order chi connectivity index (χ1) is 9.40. The van der Waals surface area contributed by atoms with Crippen molar-refractivity contribution in [1.29, 1.82) is 0 Å². The molecule has 0 bridgehead atoms. The SMILES string of the molecule is CCC1CCC(C(=O)Cc2ccc(C(F)(F)F)cc2)C1. The molecule has 2 rings (SSSR count). The molecule has 0 aromatic heterocycles. The van der Waals surface area contributed by atoms with Gasteiger partial charge >= 0.3 is 6.18 Å². The highest BCUT2D eigenvalue weighted by molar-refractivity contribution is 5.83. The summed E-state index contributed by atoms with van der Waals surface area (Å²) in [5.41, 5.74) is 0.00330. The van der Waals surface area contributed by atoms with E-state index in [0.717, 1.165) is 37.8 Å². The van der Waals surface area contributed by atoms with Crippen molar-refractivity contribution in [3.05, 3.63) is 35.4 Å². The normalized spacial score (nSPS) is 23.0. The summed E-state index contributed by atoms with van der Waals surface area (Å²) < 4.78 is 37.3. The van der Waals surface area contributed by atoms with Crippen LogP contribution in [-0.4, -0.2) is 5.78 Å². The van der Waals surface area contributed by atoms with Gasteiger partial charge in [0.2, 0.25) is 0 Å². The average molecular weight is 284 g/mol. The van der Waals surface area contributed by atoms with Gasteiger partial charge < -0.3 is 0 Å². The van der Waals surface area contributed by atoms with Crippen LogP contribution in [0.2, 0.25) is 0 Å². The van der Waals surface area contributed by atoms with Crippen molar-refractivity contribution in [3.63, 3.8) is 0 Å². The molecule has 0 amide bonds. The van der Waals surface area contributed by atoms with Crippen LogP contribution in [0.15, 0.2) is 24.3 Å². The van der Waals surface area contributed by atoms with Gasteiger partial charge in [-0.3, -0.25) is 4.79 Å². The molecular formula is C16H19F3O. The first kappa shape index (κ1) is 15.1. The highest BCUT2D eigenvalue weighted by Crippen LogP contribution is 2.34. The molecule has 4 heteroatoms. The molecule has 110 valence electrons. The number of benzene rings is 1. The van der Waals surface area contributed by atoms with Crippen molar-refractivity contribution in [3.8, 4) is 0 Å². The summed E-state index contributed by atoms with van der Waals surface area (Å²) >= 11 is 0. The van der Waals surface area contributed by atoms with Crippen molar-refractivity contribution in [2.75, 3.05) is 0 Å². The van der Waals surface area contributed by atoms with Crippen LogP contribution in [0.3, 0.4) is 0 Å². The summed E-state index contributed by atoms with van der Waals surface area (Å²) in [6.45, 7) is 2.13. The van der Waals surface area contributed by atoms with Crippen molar-refractivity contribution >= 4 is 5.78 Å². The van der Waals surface area contributed by atoms with Crippen molar-refractivity contribution in [1.82, 2.24) is 0 Å². The molecule has 1 nitrogen and oxygen atoms in total. The van der Waals surface area contributed by atoms with Gasteiger partial charge in [-0.2, -0.15) is 13.2 Å². The Labute approximate surface area is 117 Å². The minimum Gasteiger partial charge on any atom is -0.299 e. The molecular weight excluding hydrogens is 265 g/mol. The van der Waals surface area contributed by atoms with E-state index in [2.05, 4.69) is 6.92 Å². The molecule has 0 heterocycles. The molecule has 0 radical (unpaired) electrons. The molecule has 1 aliphatic carbocycles. The number of halogens is 3. The summed E-state index contributed by atoms with van der Waals surface area (Å²) in [6.07, 6.45) is -0.000499. The van der Waals surface area contributed by atoms with E-state index in [0.29, 0.717) is 11.5 Å². The second-order valence-electron chi connectivity index (χ2n) is 5.62. The van der Waals surface area contributed by atoms with E-state index < -0.39 is 11.7 Å². The summed E-state index contributed by atoms with van der Waals surface area (Å²) in [7, 11) is 0. The first-order valence-corrected chi connectivity index (χ1v) is 7.09. The van der Waals surface area contributed by atoms with Crippen molar-refractivity contribution in [2.45, 2.75) is 45.2 Å². The lowest BCUT2D eigenvalue weighted by Gasteiger charge is -2.10. The van der Waals surface area contributed by atoms with Crippen LogP contribution in [0.4, 0.5) is 13.2 Å². The number of hydrogen-bond donors (Lipinski definition) is 0. The fourth-order valence-electron chi connectivity index (χ4n) is 2.90. The minimum atomic E-state index is -4.32. The topological polar surface area (TPSA) is 17.1 Å². The average Bonchev–Trinajstić information content (AvgIpc) is 2.87. The smallest absolute Gasteiger partial charge is 0.299 e. The largest absolute Gasteiger partial charge is 0.416 e. The predicted molar refractivity (Wildman–Crippen MR) is 71.3 cm³/mol. The number of carbonyl (C=O) groups excluding carboxylic acids is 1. The maximum absolute atomic E-state index is 12.4. The number of alkyl halides is 3. The second-order valence-corrected chi connectivity index (χ2v) is 5.62. The Bertz CT molecular complexity index is 462. The summed E-state index contributed by atoms with van der Waals surface area (Å²) in [5.74, 6) is 0.902. The number of ketones is 1. The van der Waals surface area contributed by atoms with Crippen LogP contribution in [0.1, 0.15) is 43.7 Å². The van der Waals surface area contributed by atoms with Crippen molar-refractivity contribution in [2.24, 2.45) is 11.8 Å². The van der Waals surface area contributed by atoms with Gasteiger partial charge in [0.25, 0.3) is 0 Å². The summed E-state index contributed by atoms with van der Waals surface area (Å²) in [4.78, 5) is 12.1. The Morgan fingerprint density at radius 1 is 1.20 bits per heavy atom. The van der Waals surface area contributed by atoms with E-state index in [-0.39, 0.29) is 18.1 Å². The number of rotatable bonds is 4. The zero-order chi connectivity index (χ0) is 14.8. The van der Waals surface area contributed by atoms with Gasteiger partial charge in [-0.25, -0.2) is 0 Å². The molecule has 1 aliphatic rings. The quantitative estimate of drug-likeness (QED) is 0.787. The Balaban J connectivity index is 1.95. The lowest BCUT2D eigenvalue weighted by molar-refractivity contribution is -0.137. The van der Waals surface area contributed by atoms with Gasteiger partial charge in [0.1, 0.15) is 5.78 Å². The van der Waals surface area contributed by atoms with Gasteiger partial charge in [-0.15, -0.1) is 0 Å². The molecule has 20 heavy (non-hydrogen) atoms. The fraction of sp³-hybridized carbons (Fsp3) is 0.562. The lowest BCUT2D eigenvalue weighted by Crippen LogP contribution is -2.14. The van der Waals surface area contributed by atoms with Gasteiger partial charge in [-0.05, 0) is 42.9 Å². The first-order valence-electron chi connectivity index (χ1n) is 7.09. The zero-order valence-electron chi connectivity index (χ0n) is 11.5. The van der Waals surface area contributed by atoms with Crippen LogP contribution >= 0.6 is 0 Å². The van der Waals surface area contributed by atoms with Crippen LogP contribution in [-0.2, 0) is 17.4 Å². The van der Waals surface area contributed by atoms with E-state index in [9.17, 15) is 18.0 Å². The Morgan fingerprint density at radius 3 is 2.35 bits per heavy atom. The monoisotopic (exact) mass is 284 g/mol. The van der Waals surface area contributed by atoms with E-state index in [1.165, 1.54) is 12.1 Å². The zero-order valence-corrected chi connectivity index (χ0v) is 11.5. The van der Waals surface area contributed by atoms with Gasteiger partial charge in [0, 0.05) is 12.3 Å². The Hall–Kier alpha value is -1.32. The number of Topliss-reactive ketones (excluding diaryl/α,β-unsaturated/α-hetero) is 1. The van der Waals surface area contributed by atoms with E-state index >= 15 is 0 Å². The maximum Gasteiger partial charge on any atom is 0.416 e. The molecule has 1 saturated carbocycles. The molecule has 2 atom stereocenters. The summed E-state index contributed by atoms with van der Waals surface area (Å²) in [5, 5.41) is 0. The third-order valence-corrected chi connectivity index (χ3v) is 4.23. The Kier molecular flexibility index (Phi) is 4.51. The van der Waals surface area contributed by atoms with Gasteiger partial charge in [0.15, 0.2) is 0 Å². The van der Waals surface area contributed by atoms with E-state index in [1.807, 2.05) is 0 Å². The van der Waals surface area contributed by atoms with Gasteiger partial charge in [0.05, 0.1) is 5.56 Å². The van der Waals surface area contributed by atoms with E-state index in [1.54, 1.807) is 0 Å². The van der Waals surface area contributed by atoms with Crippen molar-refractivity contribution < 1.29 is 18.0 Å². The molecule has 2 unspecified atom stereocenters. The van der Waals surface area contributed by atoms with E-state index in [4.69, 9.17) is 0 Å². The highest BCUT2D eigenvalue weighted by atomic mass is 19.4. The standard InChI is InChI=1S/C16H19F3O/c1-2-11-3-6-13(9-11)15(20)10-12-4-7-14(8-5-12)16(17,18)19/h4-5,7-8,11,13H,2-3,6,9-10H2,1H3. The van der Waals surface area contributed by atoms with Crippen LogP contribution in [0.25, 0.3) is 0 Å². The summed E-state index contributed by atoms with van der Waals surface area (Å²) in [6, 6.07) is 4.91. The second kappa shape index (κ2) is 5.98. The van der Waals surface area contributed by atoms with Gasteiger partial charge in [-0.1, -0.05) is 25.5 Å². The van der Waals surface area contributed by atoms with Crippen LogP contribution in [0, 0.1) is 11.8 Å². The molecule has 0 N–H and O–H groups in total. The Morgan fingerprint density at radius 2 is 1.85 bits per heavy atom. The third-order valence-electron chi connectivity index (χ3n) is 4.23. The molecule has 1 aromatic carbocycles. The fourth-order valence-corrected chi connectivity index (χ4v) is 2.90. The number of hydrogen-bond acceptors (Lipinski definition) is 1. The predicted octanol–water partition coefficient (Wildman–Crippen LogP) is 4.64. The molecule has 0 saturated heterocycles. The molecule has 1 aromatic rings. The number of carbonyl (C=O) groups is 1. The molecule has 0 spiro atoms. The highest BCUT2D eigenvalue weighted by Gasteiger charge is 2.31. The lowest BCUT2D eigenvalue weighted by atomic mass is 9.94. The maximum atomic E-state index is 12.4. The third kappa shape index (κ3) is 3.62. The van der Waals surface area contributed by atoms with Crippen LogP contribution in [0.5, 0.6) is 0 Å². The van der Waals surface area contributed by atoms with Crippen LogP contribution < -0.4 is 0 Å². The molecule has 0 aliphatic heterocycles.